The summed E-state index contributed by atoms with van der Waals surface area (Å²) in [5.41, 5.74) is 2.08. The van der Waals surface area contributed by atoms with Gasteiger partial charge in [0.1, 0.15) is 29.8 Å². The van der Waals surface area contributed by atoms with Gasteiger partial charge in [-0.25, -0.2) is 14.0 Å². The van der Waals surface area contributed by atoms with Crippen LogP contribution in [0.3, 0.4) is 0 Å². The highest BCUT2D eigenvalue weighted by Gasteiger charge is 2.40. The first-order valence-electron chi connectivity index (χ1n) is 20.4. The Labute approximate surface area is 357 Å². The molecule has 2 aliphatic heterocycles. The van der Waals surface area contributed by atoms with Crippen molar-refractivity contribution in [1.29, 1.82) is 0 Å². The van der Waals surface area contributed by atoms with Crippen LogP contribution in [0.5, 0.6) is 0 Å². The number of rotatable bonds is 11. The molecule has 6 N–H and O–H groups in total. The third kappa shape index (κ3) is 9.70. The number of likely N-dealkylation sites (tertiary alicyclic amines) is 2. The molecule has 2 aliphatic rings. The average Bonchev–Trinajstić information content (AvgIpc) is 4.02. The van der Waals surface area contributed by atoms with Crippen molar-refractivity contribution in [3.63, 3.8) is 0 Å². The lowest BCUT2D eigenvalue weighted by Crippen LogP contribution is -2.49. The number of aromatic nitrogens is 1. The van der Waals surface area contributed by atoms with E-state index in [2.05, 4.69) is 26.3 Å². The van der Waals surface area contributed by atoms with Gasteiger partial charge < -0.3 is 45.9 Å². The van der Waals surface area contributed by atoms with Gasteiger partial charge in [-0.05, 0) is 87.9 Å². The van der Waals surface area contributed by atoms with Crippen molar-refractivity contribution in [2.24, 2.45) is 0 Å². The van der Waals surface area contributed by atoms with E-state index < -0.39 is 71.4 Å². The number of nitrogens with zero attached hydrogens (tertiary/aromatic N) is 2. The van der Waals surface area contributed by atoms with E-state index in [1.165, 1.54) is 15.9 Å². The van der Waals surface area contributed by atoms with Crippen molar-refractivity contribution in [3.8, 4) is 11.3 Å². The van der Waals surface area contributed by atoms with Gasteiger partial charge >= 0.3 is 12.2 Å². The maximum absolute atomic E-state index is 16.1. The van der Waals surface area contributed by atoms with Gasteiger partial charge in [0.15, 0.2) is 5.82 Å². The highest BCUT2D eigenvalue weighted by Crippen LogP contribution is 2.33. The molecule has 16 heteroatoms. The van der Waals surface area contributed by atoms with Crippen molar-refractivity contribution >= 4 is 58.1 Å². The zero-order chi connectivity index (χ0) is 44.1. The standard InChI is InChI=1S/C46H48FN7O8/c1-46(2,3)62-45(61)52-39(28-14-8-5-9-15-28)43(58)54-25-11-17-35(54)41(56)49-31-22-23-33-32(26-31)36(47)37(50-33)29-18-20-30(21-19-29)48-40(55)34-16-10-24-53(34)42(57)38(51-44(59)60)27-12-6-4-7-13-27/h4-9,12-15,18-23,26,34-35,38-39,50-51H,10-11,16-17,24-25H2,1-3H3,(H,48,55)(H,49,56)(H,52,61)(H,59,60)/t34-,35-,38?,39?/m0/s1. The molecule has 6 amide bonds. The summed E-state index contributed by atoms with van der Waals surface area (Å²) < 4.78 is 21.5. The molecule has 2 unspecified atom stereocenters. The average molecular weight is 846 g/mol. The highest BCUT2D eigenvalue weighted by atomic mass is 19.1. The largest absolute Gasteiger partial charge is 0.465 e. The molecule has 4 aromatic carbocycles. The lowest BCUT2D eigenvalue weighted by atomic mass is 10.0. The first kappa shape index (κ1) is 42.9. The number of carbonyl (C=O) groups excluding carboxylic acids is 5. The number of alkyl carbamates (subject to hydrolysis) is 1. The van der Waals surface area contributed by atoms with Gasteiger partial charge in [-0.3, -0.25) is 19.2 Å². The third-order valence-corrected chi connectivity index (χ3v) is 10.8. The monoisotopic (exact) mass is 845 g/mol. The van der Waals surface area contributed by atoms with Crippen molar-refractivity contribution < 1.29 is 43.0 Å². The molecule has 2 fully saturated rings. The van der Waals surface area contributed by atoms with Gasteiger partial charge in [0.2, 0.25) is 11.8 Å². The van der Waals surface area contributed by atoms with Crippen molar-refractivity contribution in [2.75, 3.05) is 23.7 Å². The maximum atomic E-state index is 16.1. The number of fused-ring (bicyclic) bond motifs is 1. The molecular formula is C46H48FN7O8. The van der Waals surface area contributed by atoms with E-state index in [-0.39, 0.29) is 17.6 Å². The molecule has 3 heterocycles. The van der Waals surface area contributed by atoms with Gasteiger partial charge in [-0.15, -0.1) is 0 Å². The molecule has 0 saturated carbocycles. The molecule has 5 aromatic rings. The molecular weight excluding hydrogens is 798 g/mol. The van der Waals surface area contributed by atoms with Crippen LogP contribution in [0, 0.1) is 5.82 Å². The van der Waals surface area contributed by atoms with Crippen LogP contribution in [0.25, 0.3) is 22.2 Å². The summed E-state index contributed by atoms with van der Waals surface area (Å²) in [4.78, 5) is 85.1. The molecule has 1 aromatic heterocycles. The number of H-pyrrole nitrogens is 1. The Morgan fingerprint density at radius 3 is 1.73 bits per heavy atom. The Bertz CT molecular complexity index is 2470. The molecule has 0 bridgehead atoms. The van der Waals surface area contributed by atoms with E-state index in [0.717, 1.165) is 0 Å². The summed E-state index contributed by atoms with van der Waals surface area (Å²) in [7, 11) is 0. The number of halogens is 1. The summed E-state index contributed by atoms with van der Waals surface area (Å²) in [6.45, 7) is 5.75. The SMILES string of the molecule is CC(C)(C)OC(=O)NC(C(=O)N1CCC[C@H]1C(=O)Nc1ccc2[nH]c(-c3ccc(NC(=O)[C@@H]4CCCN4C(=O)C(NC(=O)O)c4ccccc4)cc3)c(F)c2c1)c1ccccc1. The molecule has 2 saturated heterocycles. The van der Waals surface area contributed by atoms with E-state index in [1.807, 2.05) is 0 Å². The summed E-state index contributed by atoms with van der Waals surface area (Å²) in [5, 5.41) is 20.3. The van der Waals surface area contributed by atoms with E-state index in [1.54, 1.807) is 118 Å². The van der Waals surface area contributed by atoms with Crippen LogP contribution >= 0.6 is 0 Å². The summed E-state index contributed by atoms with van der Waals surface area (Å²) in [6.07, 6.45) is -0.218. The number of anilines is 2. The summed E-state index contributed by atoms with van der Waals surface area (Å²) in [5.74, 6) is -2.43. The van der Waals surface area contributed by atoms with E-state index in [4.69, 9.17) is 4.74 Å². The van der Waals surface area contributed by atoms with Crippen LogP contribution in [0.15, 0.2) is 103 Å². The molecule has 62 heavy (non-hydrogen) atoms. The van der Waals surface area contributed by atoms with Crippen LogP contribution in [-0.2, 0) is 23.9 Å². The molecule has 0 spiro atoms. The number of carbonyl (C=O) groups is 6. The van der Waals surface area contributed by atoms with Gasteiger partial charge in [0.25, 0.3) is 11.8 Å². The van der Waals surface area contributed by atoms with Crippen LogP contribution in [-0.4, -0.2) is 86.5 Å². The summed E-state index contributed by atoms with van der Waals surface area (Å²) >= 11 is 0. The second-order valence-electron chi connectivity index (χ2n) is 16.3. The number of benzene rings is 4. The van der Waals surface area contributed by atoms with Crippen molar-refractivity contribution in [3.05, 3.63) is 120 Å². The fourth-order valence-electron chi connectivity index (χ4n) is 7.96. The quantitative estimate of drug-likeness (QED) is 0.0807. The van der Waals surface area contributed by atoms with Gasteiger partial charge in [0, 0.05) is 40.9 Å². The fraction of sp³-hybridized carbons (Fsp3) is 0.304. The van der Waals surface area contributed by atoms with Crippen LogP contribution in [0.4, 0.5) is 25.4 Å². The predicted molar refractivity (Wildman–Crippen MR) is 229 cm³/mol. The first-order chi connectivity index (χ1) is 29.7. The number of hydrogen-bond acceptors (Lipinski definition) is 7. The molecule has 0 radical (unpaired) electrons. The smallest absolute Gasteiger partial charge is 0.408 e. The first-order valence-corrected chi connectivity index (χ1v) is 20.4. The predicted octanol–water partition coefficient (Wildman–Crippen LogP) is 7.11. The number of aromatic amines is 1. The Balaban J connectivity index is 1.01. The Morgan fingerprint density at radius 1 is 0.710 bits per heavy atom. The van der Waals surface area contributed by atoms with E-state index in [9.17, 15) is 33.9 Å². The zero-order valence-electron chi connectivity index (χ0n) is 34.4. The molecule has 7 rings (SSSR count). The van der Waals surface area contributed by atoms with Crippen molar-refractivity contribution in [1.82, 2.24) is 25.4 Å². The Morgan fingerprint density at radius 2 is 1.21 bits per heavy atom. The van der Waals surface area contributed by atoms with Crippen LogP contribution in [0.1, 0.15) is 69.7 Å². The second kappa shape index (κ2) is 18.2. The number of nitrogens with one attached hydrogen (secondary N) is 5. The van der Waals surface area contributed by atoms with Crippen molar-refractivity contribution in [2.45, 2.75) is 76.2 Å². The summed E-state index contributed by atoms with van der Waals surface area (Å²) in [6, 6.07) is 24.5. The van der Waals surface area contributed by atoms with Crippen LogP contribution < -0.4 is 21.3 Å². The highest BCUT2D eigenvalue weighted by molar-refractivity contribution is 6.01. The molecule has 322 valence electrons. The number of hydrogen-bond donors (Lipinski definition) is 6. The number of amides is 6. The minimum Gasteiger partial charge on any atom is -0.465 e. The normalized spacial score (nSPS) is 17.2. The maximum Gasteiger partial charge on any atom is 0.408 e. The Kier molecular flexibility index (Phi) is 12.6. The number of ether oxygens (including phenoxy) is 1. The topological polar surface area (TPSA) is 202 Å². The lowest BCUT2D eigenvalue weighted by molar-refractivity contribution is -0.138. The van der Waals surface area contributed by atoms with E-state index in [0.29, 0.717) is 65.8 Å². The lowest BCUT2D eigenvalue weighted by Gasteiger charge is -2.29. The van der Waals surface area contributed by atoms with Crippen LogP contribution in [0.2, 0.25) is 0 Å². The van der Waals surface area contributed by atoms with Gasteiger partial charge in [-0.1, -0.05) is 72.8 Å². The molecule has 4 atom stereocenters. The fourth-order valence-corrected chi connectivity index (χ4v) is 7.96. The van der Waals surface area contributed by atoms with E-state index >= 15 is 4.39 Å². The Hall–Kier alpha value is -7.23. The number of carboxylic acid groups (broad SMARTS) is 1. The molecule has 15 nitrogen and oxygen atoms in total. The van der Waals surface area contributed by atoms with Gasteiger partial charge in [0.05, 0.1) is 5.69 Å². The zero-order valence-corrected chi connectivity index (χ0v) is 34.4. The van der Waals surface area contributed by atoms with Gasteiger partial charge in [-0.2, -0.15) is 0 Å². The minimum absolute atomic E-state index is 0.184. The second-order valence-corrected chi connectivity index (χ2v) is 16.3. The minimum atomic E-state index is -1.36. The molecule has 0 aliphatic carbocycles. The third-order valence-electron chi connectivity index (χ3n) is 10.8.